The third kappa shape index (κ3) is 4.11. The van der Waals surface area contributed by atoms with Crippen molar-refractivity contribution in [2.45, 2.75) is 44.8 Å². The zero-order valence-electron chi connectivity index (χ0n) is 11.7. The summed E-state index contributed by atoms with van der Waals surface area (Å²) in [5.74, 6) is -0.0186. The summed E-state index contributed by atoms with van der Waals surface area (Å²) in [5, 5.41) is 3.50. The molecule has 0 saturated heterocycles. The maximum absolute atomic E-state index is 12.1. The average molecular weight is 330 g/mol. The minimum atomic E-state index is -0.733. The highest BCUT2D eigenvalue weighted by Crippen LogP contribution is 2.32. The van der Waals surface area contributed by atoms with E-state index < -0.39 is 6.10 Å². The minimum absolute atomic E-state index is 0.185. The molecular weight excluding hydrogens is 313 g/mol. The molecule has 1 amide bonds. The van der Waals surface area contributed by atoms with Crippen molar-refractivity contribution in [3.8, 4) is 5.75 Å². The summed E-state index contributed by atoms with van der Waals surface area (Å²) >= 11 is 11.9. The van der Waals surface area contributed by atoms with Crippen LogP contribution in [-0.4, -0.2) is 24.3 Å². The van der Waals surface area contributed by atoms with Gasteiger partial charge in [-0.15, -0.1) is 0 Å². The fourth-order valence-electron chi connectivity index (χ4n) is 2.41. The number of hydrogen-bond donors (Lipinski definition) is 1. The van der Waals surface area contributed by atoms with Crippen LogP contribution in [0.3, 0.4) is 0 Å². The summed E-state index contributed by atoms with van der Waals surface area (Å²) in [6, 6.07) is 3.15. The molecule has 1 aromatic carbocycles. The van der Waals surface area contributed by atoms with Gasteiger partial charge in [0.2, 0.25) is 0 Å². The average Bonchev–Trinajstić information content (AvgIpc) is 2.94. The molecule has 1 N–H and O–H groups in total. The number of carbonyl (C=O) groups excluding carboxylic acids is 2. The molecule has 6 heteroatoms. The molecule has 0 heterocycles. The molecular formula is C15H17Cl2NO3. The van der Waals surface area contributed by atoms with Crippen LogP contribution in [0.15, 0.2) is 12.1 Å². The van der Waals surface area contributed by atoms with Crippen molar-refractivity contribution in [1.82, 2.24) is 5.32 Å². The van der Waals surface area contributed by atoms with Crippen LogP contribution in [0.1, 0.15) is 43.0 Å². The second kappa shape index (κ2) is 7.14. The van der Waals surface area contributed by atoms with Crippen LogP contribution in [0.5, 0.6) is 5.75 Å². The molecule has 0 radical (unpaired) electrons. The number of carbonyl (C=O) groups is 2. The van der Waals surface area contributed by atoms with Crippen LogP contribution in [0.2, 0.25) is 10.0 Å². The molecule has 0 aliphatic heterocycles. The lowest BCUT2D eigenvalue weighted by atomic mass is 10.2. The summed E-state index contributed by atoms with van der Waals surface area (Å²) in [6.45, 7) is 1.63. The van der Waals surface area contributed by atoms with E-state index in [1.807, 2.05) is 0 Å². The van der Waals surface area contributed by atoms with Crippen LogP contribution >= 0.6 is 23.2 Å². The Morgan fingerprint density at radius 3 is 2.67 bits per heavy atom. The van der Waals surface area contributed by atoms with E-state index >= 15 is 0 Å². The zero-order chi connectivity index (χ0) is 15.4. The van der Waals surface area contributed by atoms with Crippen molar-refractivity contribution < 1.29 is 14.3 Å². The first-order chi connectivity index (χ1) is 10.0. The monoisotopic (exact) mass is 329 g/mol. The Morgan fingerprint density at radius 1 is 1.38 bits per heavy atom. The van der Waals surface area contributed by atoms with Gasteiger partial charge in [0.1, 0.15) is 5.75 Å². The molecule has 114 valence electrons. The van der Waals surface area contributed by atoms with E-state index in [2.05, 4.69) is 5.32 Å². The highest BCUT2D eigenvalue weighted by Gasteiger charge is 2.23. The third-order valence-electron chi connectivity index (χ3n) is 3.53. The van der Waals surface area contributed by atoms with Gasteiger partial charge in [0, 0.05) is 11.1 Å². The fraction of sp³-hybridized carbons (Fsp3) is 0.467. The number of ether oxygens (including phenoxy) is 1. The summed E-state index contributed by atoms with van der Waals surface area (Å²) in [4.78, 5) is 23.2. The highest BCUT2D eigenvalue weighted by atomic mass is 35.5. The smallest absolute Gasteiger partial charge is 0.260 e. The van der Waals surface area contributed by atoms with Gasteiger partial charge in [-0.05, 0) is 31.9 Å². The van der Waals surface area contributed by atoms with Crippen molar-refractivity contribution >= 4 is 35.4 Å². The van der Waals surface area contributed by atoms with Crippen LogP contribution in [-0.2, 0) is 4.79 Å². The number of aldehydes is 1. The molecule has 1 saturated carbocycles. The summed E-state index contributed by atoms with van der Waals surface area (Å²) in [5.41, 5.74) is 0.230. The normalized spacial score (nSPS) is 16.5. The molecule has 21 heavy (non-hydrogen) atoms. The van der Waals surface area contributed by atoms with Crippen molar-refractivity contribution in [2.75, 3.05) is 0 Å². The number of hydrogen-bond acceptors (Lipinski definition) is 3. The van der Waals surface area contributed by atoms with Crippen LogP contribution in [0.25, 0.3) is 0 Å². The Kier molecular flexibility index (Phi) is 5.48. The number of amides is 1. The van der Waals surface area contributed by atoms with E-state index in [0.29, 0.717) is 11.3 Å². The minimum Gasteiger partial charge on any atom is -0.479 e. The quantitative estimate of drug-likeness (QED) is 0.839. The van der Waals surface area contributed by atoms with Crippen molar-refractivity contribution in [3.63, 3.8) is 0 Å². The Hall–Kier alpha value is -1.26. The lowest BCUT2D eigenvalue weighted by Crippen LogP contribution is -2.41. The van der Waals surface area contributed by atoms with Gasteiger partial charge in [0.05, 0.1) is 10.6 Å². The van der Waals surface area contributed by atoms with E-state index in [1.54, 1.807) is 6.92 Å². The number of rotatable bonds is 5. The van der Waals surface area contributed by atoms with Gasteiger partial charge >= 0.3 is 0 Å². The van der Waals surface area contributed by atoms with Gasteiger partial charge in [-0.2, -0.15) is 0 Å². The van der Waals surface area contributed by atoms with E-state index in [9.17, 15) is 9.59 Å². The van der Waals surface area contributed by atoms with Gasteiger partial charge in [0.15, 0.2) is 12.4 Å². The van der Waals surface area contributed by atoms with E-state index in [0.717, 1.165) is 25.7 Å². The second-order valence-corrected chi connectivity index (χ2v) is 6.02. The Bertz CT molecular complexity index is 542. The molecule has 2 rings (SSSR count). The third-order valence-corrected chi connectivity index (χ3v) is 4.03. The fourth-order valence-corrected chi connectivity index (χ4v) is 2.96. The van der Waals surface area contributed by atoms with Crippen LogP contribution in [0.4, 0.5) is 0 Å². The largest absolute Gasteiger partial charge is 0.479 e. The lowest BCUT2D eigenvalue weighted by Gasteiger charge is -2.19. The molecule has 4 nitrogen and oxygen atoms in total. The summed E-state index contributed by atoms with van der Waals surface area (Å²) in [7, 11) is 0. The first-order valence-corrected chi connectivity index (χ1v) is 7.68. The number of benzene rings is 1. The van der Waals surface area contributed by atoms with Gasteiger partial charge in [0.25, 0.3) is 5.91 Å². The first-order valence-electron chi connectivity index (χ1n) is 6.92. The Morgan fingerprint density at radius 2 is 2.05 bits per heavy atom. The molecule has 0 bridgehead atoms. The van der Waals surface area contributed by atoms with Gasteiger partial charge < -0.3 is 10.1 Å². The molecule has 0 aromatic heterocycles. The van der Waals surface area contributed by atoms with Crippen LogP contribution < -0.4 is 10.1 Å². The second-order valence-electron chi connectivity index (χ2n) is 5.17. The van der Waals surface area contributed by atoms with Crippen LogP contribution in [0, 0.1) is 0 Å². The van der Waals surface area contributed by atoms with E-state index in [1.165, 1.54) is 12.1 Å². The zero-order valence-corrected chi connectivity index (χ0v) is 13.2. The topological polar surface area (TPSA) is 55.4 Å². The van der Waals surface area contributed by atoms with Gasteiger partial charge in [-0.1, -0.05) is 36.0 Å². The number of nitrogens with one attached hydrogen (secondary N) is 1. The highest BCUT2D eigenvalue weighted by molar-refractivity contribution is 6.36. The molecule has 0 spiro atoms. The Balaban J connectivity index is 2.06. The summed E-state index contributed by atoms with van der Waals surface area (Å²) in [6.07, 6.45) is 4.15. The van der Waals surface area contributed by atoms with Crippen molar-refractivity contribution in [3.05, 3.63) is 27.7 Å². The predicted molar refractivity (Wildman–Crippen MR) is 82.3 cm³/mol. The molecule has 1 aromatic rings. The SMILES string of the molecule is CC(Oc1c(Cl)cc(Cl)cc1C=O)C(=O)NC1CCCC1. The molecule has 1 aliphatic carbocycles. The van der Waals surface area contributed by atoms with Gasteiger partial charge in [-0.25, -0.2) is 0 Å². The number of halogens is 2. The molecule has 1 fully saturated rings. The molecule has 1 atom stereocenters. The van der Waals surface area contributed by atoms with E-state index in [-0.39, 0.29) is 28.3 Å². The standard InChI is InChI=1S/C15H17Cl2NO3/c1-9(15(20)18-12-4-2-3-5-12)21-14-10(8-19)6-11(16)7-13(14)17/h6-9,12H,2-5H2,1H3,(H,18,20). The van der Waals surface area contributed by atoms with Gasteiger partial charge in [-0.3, -0.25) is 9.59 Å². The summed E-state index contributed by atoms with van der Waals surface area (Å²) < 4.78 is 5.56. The predicted octanol–water partition coefficient (Wildman–Crippen LogP) is 3.63. The maximum atomic E-state index is 12.1. The lowest BCUT2D eigenvalue weighted by molar-refractivity contribution is -0.127. The Labute approximate surface area is 133 Å². The van der Waals surface area contributed by atoms with Crippen molar-refractivity contribution in [2.24, 2.45) is 0 Å². The first kappa shape index (κ1) is 16.1. The molecule has 1 aliphatic rings. The van der Waals surface area contributed by atoms with Crippen molar-refractivity contribution in [1.29, 1.82) is 0 Å². The molecule has 1 unspecified atom stereocenters. The van der Waals surface area contributed by atoms with E-state index in [4.69, 9.17) is 27.9 Å². The maximum Gasteiger partial charge on any atom is 0.260 e.